The molecule has 4 nitrogen and oxygen atoms in total. The predicted octanol–water partition coefficient (Wildman–Crippen LogP) is 9.68. The lowest BCUT2D eigenvalue weighted by atomic mass is 10.0. The van der Waals surface area contributed by atoms with Gasteiger partial charge in [-0.15, -0.1) is 0 Å². The summed E-state index contributed by atoms with van der Waals surface area (Å²) in [5.41, 5.74) is 11.5. The first-order chi connectivity index (χ1) is 20.3. The van der Waals surface area contributed by atoms with Crippen LogP contribution in [-0.2, 0) is 0 Å². The van der Waals surface area contributed by atoms with Crippen molar-refractivity contribution in [3.05, 3.63) is 138 Å². The van der Waals surface area contributed by atoms with E-state index in [2.05, 4.69) is 87.4 Å². The van der Waals surface area contributed by atoms with Gasteiger partial charge in [-0.3, -0.25) is 0 Å². The Morgan fingerprint density at radius 2 is 1.21 bits per heavy atom. The molecule has 0 spiro atoms. The molecule has 0 aliphatic rings. The largest absolute Gasteiger partial charge is 0.309 e. The van der Waals surface area contributed by atoms with E-state index >= 15 is 0 Å². The third-order valence-electron chi connectivity index (χ3n) is 7.62. The van der Waals surface area contributed by atoms with Gasteiger partial charge < -0.3 is 4.57 Å². The SMILES string of the molecule is C=C/C=C\C=C(/C)c1nc(-c2ccccc2)nc(-c2ccc(-n3c4c(C)cc(C)cc4c4cc(C)cc(C)c43)cc2)n1. The number of benzene rings is 4. The fraction of sp³-hybridized carbons (Fsp3) is 0.132. The van der Waals surface area contributed by atoms with E-state index in [0.29, 0.717) is 17.5 Å². The van der Waals surface area contributed by atoms with Crippen LogP contribution in [0.3, 0.4) is 0 Å². The summed E-state index contributed by atoms with van der Waals surface area (Å²) in [5, 5.41) is 2.58. The van der Waals surface area contributed by atoms with Crippen molar-refractivity contribution in [1.82, 2.24) is 19.5 Å². The molecule has 0 saturated carbocycles. The maximum Gasteiger partial charge on any atom is 0.164 e. The molecule has 6 aromatic rings. The van der Waals surface area contributed by atoms with Crippen LogP contribution in [-0.4, -0.2) is 19.5 Å². The number of hydrogen-bond donors (Lipinski definition) is 0. The second kappa shape index (κ2) is 11.1. The second-order valence-electron chi connectivity index (χ2n) is 11.0. The first kappa shape index (κ1) is 27.1. The lowest BCUT2D eigenvalue weighted by Crippen LogP contribution is -2.02. The molecule has 0 bridgehead atoms. The minimum Gasteiger partial charge on any atom is -0.309 e. The number of aromatic nitrogens is 4. The summed E-state index contributed by atoms with van der Waals surface area (Å²) in [4.78, 5) is 14.6. The van der Waals surface area contributed by atoms with Crippen LogP contribution >= 0.6 is 0 Å². The lowest BCUT2D eigenvalue weighted by molar-refractivity contribution is 1.03. The first-order valence-corrected chi connectivity index (χ1v) is 14.3. The van der Waals surface area contributed by atoms with E-state index < -0.39 is 0 Å². The van der Waals surface area contributed by atoms with E-state index in [4.69, 9.17) is 15.0 Å². The molecule has 2 aromatic heterocycles. The van der Waals surface area contributed by atoms with Crippen molar-refractivity contribution < 1.29 is 0 Å². The van der Waals surface area contributed by atoms with Crippen LogP contribution in [0.25, 0.3) is 55.8 Å². The Morgan fingerprint density at radius 3 is 1.76 bits per heavy atom. The summed E-state index contributed by atoms with van der Waals surface area (Å²) in [6, 6.07) is 27.8. The number of fused-ring (bicyclic) bond motifs is 3. The highest BCUT2D eigenvalue weighted by atomic mass is 15.0. The Hall–Kier alpha value is -5.09. The highest BCUT2D eigenvalue weighted by Gasteiger charge is 2.18. The quantitative estimate of drug-likeness (QED) is 0.195. The van der Waals surface area contributed by atoms with Gasteiger partial charge >= 0.3 is 0 Å². The molecule has 6 rings (SSSR count). The van der Waals surface area contributed by atoms with Crippen molar-refractivity contribution in [1.29, 1.82) is 0 Å². The Morgan fingerprint density at radius 1 is 0.667 bits per heavy atom. The number of nitrogens with zero attached hydrogens (tertiary/aromatic N) is 4. The van der Waals surface area contributed by atoms with Gasteiger partial charge in [0.25, 0.3) is 0 Å². The number of rotatable bonds is 6. The molecule has 0 aliphatic carbocycles. The summed E-state index contributed by atoms with van der Waals surface area (Å²) in [5.74, 6) is 1.95. The fourth-order valence-corrected chi connectivity index (χ4v) is 5.80. The Balaban J connectivity index is 1.51. The second-order valence-corrected chi connectivity index (χ2v) is 11.0. The molecular formula is C38H34N4. The van der Waals surface area contributed by atoms with Crippen LogP contribution in [0, 0.1) is 27.7 Å². The molecule has 0 saturated heterocycles. The van der Waals surface area contributed by atoms with Gasteiger partial charge in [0.2, 0.25) is 0 Å². The lowest BCUT2D eigenvalue weighted by Gasteiger charge is -2.13. The Bertz CT molecular complexity index is 1960. The molecule has 0 fully saturated rings. The molecule has 0 amide bonds. The summed E-state index contributed by atoms with van der Waals surface area (Å²) >= 11 is 0. The van der Waals surface area contributed by atoms with Crippen LogP contribution in [0.4, 0.5) is 0 Å². The van der Waals surface area contributed by atoms with Crippen molar-refractivity contribution in [2.24, 2.45) is 0 Å². The van der Waals surface area contributed by atoms with Crippen molar-refractivity contribution >= 4 is 27.4 Å². The summed E-state index contributed by atoms with van der Waals surface area (Å²) in [6.07, 6.45) is 7.58. The molecule has 0 atom stereocenters. The normalized spacial score (nSPS) is 12.1. The van der Waals surface area contributed by atoms with E-state index in [9.17, 15) is 0 Å². The van der Waals surface area contributed by atoms with Crippen LogP contribution in [0.15, 0.2) is 110 Å². The number of hydrogen-bond acceptors (Lipinski definition) is 3. The Kier molecular flexibility index (Phi) is 7.13. The maximum absolute atomic E-state index is 4.90. The van der Waals surface area contributed by atoms with Crippen LogP contribution < -0.4 is 0 Å². The van der Waals surface area contributed by atoms with Gasteiger partial charge in [0, 0.05) is 27.6 Å². The standard InChI is InChI=1S/C38H34N4/c1-7-8-10-13-26(4)36-39-37(29-14-11-9-12-15-29)41-38(40-36)30-16-18-31(19-17-30)42-34-27(5)20-24(2)22-32(34)33-23-25(3)21-28(6)35(33)42/h7-23H,1H2,2-6H3/b10-8-,26-13+. The molecule has 206 valence electrons. The molecule has 2 heterocycles. The zero-order valence-electron chi connectivity index (χ0n) is 24.8. The van der Waals surface area contributed by atoms with E-state index in [0.717, 1.165) is 22.4 Å². The van der Waals surface area contributed by atoms with E-state index in [-0.39, 0.29) is 0 Å². The number of allylic oxidation sites excluding steroid dienone is 5. The van der Waals surface area contributed by atoms with Gasteiger partial charge in [0.1, 0.15) is 0 Å². The third-order valence-corrected chi connectivity index (χ3v) is 7.62. The highest BCUT2D eigenvalue weighted by molar-refractivity contribution is 6.11. The zero-order valence-corrected chi connectivity index (χ0v) is 24.8. The average molecular weight is 547 g/mol. The third kappa shape index (κ3) is 4.97. The maximum atomic E-state index is 4.90. The molecule has 4 aromatic carbocycles. The smallest absolute Gasteiger partial charge is 0.164 e. The van der Waals surface area contributed by atoms with Gasteiger partial charge in [-0.05, 0) is 87.7 Å². The molecule has 0 unspecified atom stereocenters. The van der Waals surface area contributed by atoms with Crippen LogP contribution in [0.5, 0.6) is 0 Å². The van der Waals surface area contributed by atoms with Gasteiger partial charge in [-0.1, -0.05) is 84.5 Å². The summed E-state index contributed by atoms with van der Waals surface area (Å²) < 4.78 is 2.41. The van der Waals surface area contributed by atoms with Crippen molar-refractivity contribution in [3.63, 3.8) is 0 Å². The van der Waals surface area contributed by atoms with Gasteiger partial charge in [0.05, 0.1) is 11.0 Å². The molecule has 4 heteroatoms. The molecule has 0 aliphatic heterocycles. The van der Waals surface area contributed by atoms with Crippen molar-refractivity contribution in [2.75, 3.05) is 0 Å². The minimum atomic E-state index is 0.645. The van der Waals surface area contributed by atoms with Crippen LogP contribution in [0.1, 0.15) is 35.0 Å². The van der Waals surface area contributed by atoms with E-state index in [1.165, 1.54) is 44.1 Å². The monoisotopic (exact) mass is 546 g/mol. The topological polar surface area (TPSA) is 43.6 Å². The highest BCUT2D eigenvalue weighted by Crippen LogP contribution is 2.37. The van der Waals surface area contributed by atoms with E-state index in [1.807, 2.05) is 55.5 Å². The predicted molar refractivity (Wildman–Crippen MR) is 177 cm³/mol. The fourth-order valence-electron chi connectivity index (χ4n) is 5.80. The Labute approximate surface area is 247 Å². The molecule has 0 radical (unpaired) electrons. The molecule has 0 N–H and O–H groups in total. The first-order valence-electron chi connectivity index (χ1n) is 14.3. The average Bonchev–Trinajstić information content (AvgIpc) is 3.32. The van der Waals surface area contributed by atoms with Crippen LogP contribution in [0.2, 0.25) is 0 Å². The zero-order chi connectivity index (χ0) is 29.4. The van der Waals surface area contributed by atoms with Crippen molar-refractivity contribution in [3.8, 4) is 28.5 Å². The number of aryl methyl sites for hydroxylation is 4. The minimum absolute atomic E-state index is 0.645. The van der Waals surface area contributed by atoms with Crippen molar-refractivity contribution in [2.45, 2.75) is 34.6 Å². The van der Waals surface area contributed by atoms with Gasteiger partial charge in [0.15, 0.2) is 17.5 Å². The summed E-state index contributed by atoms with van der Waals surface area (Å²) in [7, 11) is 0. The van der Waals surface area contributed by atoms with Gasteiger partial charge in [-0.2, -0.15) is 0 Å². The van der Waals surface area contributed by atoms with Gasteiger partial charge in [-0.25, -0.2) is 15.0 Å². The summed E-state index contributed by atoms with van der Waals surface area (Å²) in [6.45, 7) is 14.5. The molecular weight excluding hydrogens is 512 g/mol. The molecule has 42 heavy (non-hydrogen) atoms. The van der Waals surface area contributed by atoms with E-state index in [1.54, 1.807) is 6.08 Å².